The Labute approximate surface area is 137 Å². The largest absolute Gasteiger partial charge is 0.480 e. The first-order valence-electron chi connectivity index (χ1n) is 5.79. The maximum Gasteiger partial charge on any atom is 0.317 e. The lowest BCUT2D eigenvalue weighted by molar-refractivity contribution is -0.138. The van der Waals surface area contributed by atoms with Crippen molar-refractivity contribution >= 4 is 43.2 Å². The number of hydrogen-bond donors (Lipinski definition) is 1. The topological polar surface area (TPSA) is 56.7 Å². The summed E-state index contributed by atoms with van der Waals surface area (Å²) in [7, 11) is 0. The van der Waals surface area contributed by atoms with Crippen molar-refractivity contribution in [1.82, 2.24) is 14.8 Å². The first-order valence-corrected chi connectivity index (χ1v) is 5.79. The number of halogens is 3. The van der Waals surface area contributed by atoms with Crippen molar-refractivity contribution in [3.8, 4) is 0 Å². The van der Waals surface area contributed by atoms with E-state index in [0.29, 0.717) is 0 Å². The molecule has 0 spiro atoms. The predicted octanol–water partition coefficient (Wildman–Crippen LogP) is 1.55. The number of piperazine rings is 1. The average Bonchev–Trinajstić information content (AvgIpc) is 2.32. The van der Waals surface area contributed by atoms with Crippen molar-refractivity contribution in [2.75, 3.05) is 32.7 Å². The first kappa shape index (κ1) is 21.7. The third-order valence-electron chi connectivity index (χ3n) is 2.95. The maximum atomic E-state index is 10.6. The van der Waals surface area contributed by atoms with Crippen molar-refractivity contribution in [2.24, 2.45) is 0 Å². The Morgan fingerprint density at radius 2 is 1.75 bits per heavy atom. The van der Waals surface area contributed by atoms with Gasteiger partial charge in [0.15, 0.2) is 0 Å². The molecule has 2 rings (SSSR count). The van der Waals surface area contributed by atoms with Crippen LogP contribution in [-0.2, 0) is 11.3 Å². The second-order valence-corrected chi connectivity index (χ2v) is 4.31. The summed E-state index contributed by atoms with van der Waals surface area (Å²) in [5.41, 5.74) is 1.21. The van der Waals surface area contributed by atoms with Gasteiger partial charge in [0.1, 0.15) is 0 Å². The van der Waals surface area contributed by atoms with Crippen molar-refractivity contribution in [1.29, 1.82) is 0 Å². The number of pyridine rings is 1. The number of aliphatic carboxylic acids is 1. The monoisotopic (exact) mass is 343 g/mol. The van der Waals surface area contributed by atoms with Crippen LogP contribution >= 0.6 is 37.2 Å². The molecule has 0 amide bonds. The number of nitrogens with zero attached hydrogens (tertiary/aromatic N) is 3. The Bertz CT molecular complexity index is 373. The van der Waals surface area contributed by atoms with Crippen molar-refractivity contribution in [2.45, 2.75) is 6.54 Å². The molecule has 0 atom stereocenters. The molecule has 0 aliphatic carbocycles. The van der Waals surface area contributed by atoms with Gasteiger partial charge in [0.2, 0.25) is 0 Å². The molecule has 20 heavy (non-hydrogen) atoms. The van der Waals surface area contributed by atoms with Crippen LogP contribution in [-0.4, -0.2) is 58.6 Å². The van der Waals surface area contributed by atoms with E-state index >= 15 is 0 Å². The van der Waals surface area contributed by atoms with Gasteiger partial charge in [-0.1, -0.05) is 6.07 Å². The lowest BCUT2D eigenvalue weighted by atomic mass is 10.2. The molecule has 0 bridgehead atoms. The Morgan fingerprint density at radius 1 is 1.15 bits per heavy atom. The Kier molecular flexibility index (Phi) is 12.1. The van der Waals surface area contributed by atoms with E-state index in [4.69, 9.17) is 5.11 Å². The zero-order valence-corrected chi connectivity index (χ0v) is 13.4. The molecule has 1 aliphatic heterocycles. The number of rotatable bonds is 4. The third-order valence-corrected chi connectivity index (χ3v) is 2.95. The molecule has 8 heteroatoms. The van der Waals surface area contributed by atoms with Crippen LogP contribution in [0.4, 0.5) is 0 Å². The SMILES string of the molecule is Cl.Cl.Cl.O=C(O)CN1CCN(Cc2cccnc2)CC1. The molecule has 1 aromatic heterocycles. The minimum atomic E-state index is -0.745. The van der Waals surface area contributed by atoms with E-state index in [1.165, 1.54) is 5.56 Å². The predicted molar refractivity (Wildman–Crippen MR) is 85.3 cm³/mol. The van der Waals surface area contributed by atoms with E-state index in [2.05, 4.69) is 16.0 Å². The second kappa shape index (κ2) is 11.1. The summed E-state index contributed by atoms with van der Waals surface area (Å²) in [5, 5.41) is 8.70. The first-order chi connectivity index (χ1) is 8.24. The highest BCUT2D eigenvalue weighted by molar-refractivity contribution is 5.86. The number of carboxylic acid groups (broad SMARTS) is 1. The van der Waals surface area contributed by atoms with Crippen LogP contribution < -0.4 is 0 Å². The fraction of sp³-hybridized carbons (Fsp3) is 0.500. The normalized spacial score (nSPS) is 15.4. The molecule has 1 saturated heterocycles. The molecular weight excluding hydrogens is 325 g/mol. The lowest BCUT2D eigenvalue weighted by Gasteiger charge is -2.33. The molecular formula is C12H20Cl3N3O2. The summed E-state index contributed by atoms with van der Waals surface area (Å²) in [6, 6.07) is 4.01. The van der Waals surface area contributed by atoms with Gasteiger partial charge in [0.25, 0.3) is 0 Å². The molecule has 5 nitrogen and oxygen atoms in total. The Hall–Kier alpha value is -0.590. The highest BCUT2D eigenvalue weighted by Gasteiger charge is 2.18. The van der Waals surface area contributed by atoms with Gasteiger partial charge in [-0.15, -0.1) is 37.2 Å². The summed E-state index contributed by atoms with van der Waals surface area (Å²) in [4.78, 5) is 19.0. The second-order valence-electron chi connectivity index (χ2n) is 4.31. The fourth-order valence-corrected chi connectivity index (χ4v) is 2.05. The molecule has 116 valence electrons. The summed E-state index contributed by atoms with van der Waals surface area (Å²) >= 11 is 0. The number of hydrogen-bond acceptors (Lipinski definition) is 4. The van der Waals surface area contributed by atoms with Gasteiger partial charge in [0, 0.05) is 45.1 Å². The van der Waals surface area contributed by atoms with E-state index in [-0.39, 0.29) is 43.8 Å². The van der Waals surface area contributed by atoms with Crippen LogP contribution in [0.15, 0.2) is 24.5 Å². The molecule has 0 aromatic carbocycles. The quantitative estimate of drug-likeness (QED) is 0.898. The summed E-state index contributed by atoms with van der Waals surface area (Å²) in [6.07, 6.45) is 3.65. The fourth-order valence-electron chi connectivity index (χ4n) is 2.05. The highest BCUT2D eigenvalue weighted by atomic mass is 35.5. The summed E-state index contributed by atoms with van der Waals surface area (Å²) < 4.78 is 0. The van der Waals surface area contributed by atoms with Crippen molar-refractivity contribution in [3.05, 3.63) is 30.1 Å². The average molecular weight is 345 g/mol. The minimum Gasteiger partial charge on any atom is -0.480 e. The number of aromatic nitrogens is 1. The van der Waals surface area contributed by atoms with Crippen LogP contribution in [0.5, 0.6) is 0 Å². The van der Waals surface area contributed by atoms with Crippen LogP contribution in [0.2, 0.25) is 0 Å². The van der Waals surface area contributed by atoms with Gasteiger partial charge in [-0.25, -0.2) is 0 Å². The van der Waals surface area contributed by atoms with Gasteiger partial charge in [0.05, 0.1) is 6.54 Å². The molecule has 1 aromatic rings. The van der Waals surface area contributed by atoms with E-state index in [9.17, 15) is 4.79 Å². The number of carbonyl (C=O) groups is 1. The molecule has 1 aliphatic rings. The smallest absolute Gasteiger partial charge is 0.317 e. The van der Waals surface area contributed by atoms with E-state index in [0.717, 1.165) is 32.7 Å². The summed E-state index contributed by atoms with van der Waals surface area (Å²) in [5.74, 6) is -0.745. The molecule has 0 unspecified atom stereocenters. The molecule has 1 N–H and O–H groups in total. The van der Waals surface area contributed by atoms with Gasteiger partial charge in [-0.3, -0.25) is 19.6 Å². The standard InChI is InChI=1S/C12H17N3O2.3ClH/c16-12(17)10-15-6-4-14(5-7-15)9-11-2-1-3-13-8-11;;;/h1-3,8H,4-7,9-10H2,(H,16,17);3*1H. The highest BCUT2D eigenvalue weighted by Crippen LogP contribution is 2.07. The van der Waals surface area contributed by atoms with E-state index in [1.54, 1.807) is 6.20 Å². The van der Waals surface area contributed by atoms with Crippen LogP contribution in [0, 0.1) is 0 Å². The molecule has 0 saturated carbocycles. The molecule has 1 fully saturated rings. The minimum absolute atomic E-state index is 0. The third kappa shape index (κ3) is 7.26. The zero-order chi connectivity index (χ0) is 12.1. The van der Waals surface area contributed by atoms with E-state index < -0.39 is 5.97 Å². The van der Waals surface area contributed by atoms with Crippen LogP contribution in [0.25, 0.3) is 0 Å². The summed E-state index contributed by atoms with van der Waals surface area (Å²) in [6.45, 7) is 4.54. The van der Waals surface area contributed by atoms with Gasteiger partial charge < -0.3 is 5.11 Å². The Morgan fingerprint density at radius 3 is 2.25 bits per heavy atom. The van der Waals surface area contributed by atoms with Gasteiger partial charge in [-0.2, -0.15) is 0 Å². The van der Waals surface area contributed by atoms with E-state index in [1.807, 2.05) is 17.2 Å². The van der Waals surface area contributed by atoms with Crippen LogP contribution in [0.3, 0.4) is 0 Å². The molecule has 2 heterocycles. The zero-order valence-electron chi connectivity index (χ0n) is 11.0. The van der Waals surface area contributed by atoms with Crippen LogP contribution in [0.1, 0.15) is 5.56 Å². The molecule has 0 radical (unpaired) electrons. The maximum absolute atomic E-state index is 10.6. The van der Waals surface area contributed by atoms with Crippen molar-refractivity contribution < 1.29 is 9.90 Å². The van der Waals surface area contributed by atoms with Crippen molar-refractivity contribution in [3.63, 3.8) is 0 Å². The van der Waals surface area contributed by atoms with Gasteiger partial charge in [-0.05, 0) is 11.6 Å². The Balaban J connectivity index is 0. The van der Waals surface area contributed by atoms with Gasteiger partial charge >= 0.3 is 5.97 Å². The number of carboxylic acids is 1. The lowest BCUT2D eigenvalue weighted by Crippen LogP contribution is -2.47.